The van der Waals surface area contributed by atoms with Crippen LogP contribution < -0.4 is 16.6 Å². The van der Waals surface area contributed by atoms with Crippen LogP contribution in [0.25, 0.3) is 0 Å². The normalized spacial score (nSPS) is 23.5. The number of H-pyrrole nitrogens is 1. The highest BCUT2D eigenvalue weighted by molar-refractivity contribution is 5.93. The van der Waals surface area contributed by atoms with Crippen LogP contribution >= 0.6 is 12.4 Å². The lowest BCUT2D eigenvalue weighted by molar-refractivity contribution is 0.0922. The van der Waals surface area contributed by atoms with Crippen LogP contribution in [-0.4, -0.2) is 46.0 Å². The second kappa shape index (κ2) is 8.39. The number of aromatic amines is 1. The van der Waals surface area contributed by atoms with Crippen molar-refractivity contribution in [2.75, 3.05) is 19.6 Å². The van der Waals surface area contributed by atoms with E-state index in [-0.39, 0.29) is 24.0 Å². The summed E-state index contributed by atoms with van der Waals surface area (Å²) >= 11 is 0. The first-order valence-corrected chi connectivity index (χ1v) is 9.18. The Labute approximate surface area is 159 Å². The molecule has 2 heterocycles. The minimum absolute atomic E-state index is 0. The van der Waals surface area contributed by atoms with E-state index in [1.54, 1.807) is 0 Å². The summed E-state index contributed by atoms with van der Waals surface area (Å²) in [5.74, 6) is 1.22. The zero-order chi connectivity index (χ0) is 18.1. The molecule has 2 aliphatic rings. The highest BCUT2D eigenvalue weighted by Gasteiger charge is 2.37. The standard InChI is InChI=1S/C18H28N4O3.ClH/c1-11(2)13-9-22(7-12-5-4-6-12)10-15(13)19-16(23)14-8-21(3)18(25)20-17(14)24;/h8,11-13,15H,4-7,9-10H2,1-3H3,(H,19,23)(H,20,24,25);1H/t13-,15+;/m1./s1. The lowest BCUT2D eigenvalue weighted by Crippen LogP contribution is -2.45. The number of nitrogens with zero attached hydrogens (tertiary/aromatic N) is 2. The number of nitrogens with one attached hydrogen (secondary N) is 2. The van der Waals surface area contributed by atoms with E-state index in [1.807, 2.05) is 0 Å². The Kier molecular flexibility index (Phi) is 6.69. The number of hydrogen-bond acceptors (Lipinski definition) is 4. The van der Waals surface area contributed by atoms with Gasteiger partial charge in [0.15, 0.2) is 0 Å². The van der Waals surface area contributed by atoms with Crippen LogP contribution in [0.5, 0.6) is 0 Å². The Morgan fingerprint density at radius 1 is 1.31 bits per heavy atom. The molecule has 1 aliphatic heterocycles. The van der Waals surface area contributed by atoms with Gasteiger partial charge in [0.1, 0.15) is 5.56 Å². The number of carbonyl (C=O) groups excluding carboxylic acids is 1. The third kappa shape index (κ3) is 4.38. The lowest BCUT2D eigenvalue weighted by Gasteiger charge is -2.30. The van der Waals surface area contributed by atoms with Crippen LogP contribution in [0.15, 0.2) is 15.8 Å². The van der Waals surface area contributed by atoms with Crippen molar-refractivity contribution in [1.82, 2.24) is 19.8 Å². The second-order valence-electron chi connectivity index (χ2n) is 7.92. The van der Waals surface area contributed by atoms with Crippen LogP contribution in [0, 0.1) is 17.8 Å². The van der Waals surface area contributed by atoms with Crippen molar-refractivity contribution in [3.05, 3.63) is 32.6 Å². The summed E-state index contributed by atoms with van der Waals surface area (Å²) in [7, 11) is 1.52. The van der Waals surface area contributed by atoms with Crippen LogP contribution in [0.4, 0.5) is 0 Å². The summed E-state index contributed by atoms with van der Waals surface area (Å²) in [6.45, 7) is 7.28. The number of carbonyl (C=O) groups is 1. The lowest BCUT2D eigenvalue weighted by atomic mass is 9.85. The van der Waals surface area contributed by atoms with Gasteiger partial charge in [-0.25, -0.2) is 4.79 Å². The fourth-order valence-corrected chi connectivity index (χ4v) is 3.90. The van der Waals surface area contributed by atoms with E-state index in [0.29, 0.717) is 11.8 Å². The molecule has 2 fully saturated rings. The monoisotopic (exact) mass is 384 g/mol. The zero-order valence-corrected chi connectivity index (χ0v) is 16.5. The van der Waals surface area contributed by atoms with Gasteiger partial charge >= 0.3 is 5.69 Å². The third-order valence-corrected chi connectivity index (χ3v) is 5.71. The van der Waals surface area contributed by atoms with Gasteiger partial charge in [-0.05, 0) is 30.6 Å². The highest BCUT2D eigenvalue weighted by Crippen LogP contribution is 2.31. The number of rotatable bonds is 5. The summed E-state index contributed by atoms with van der Waals surface area (Å²) in [4.78, 5) is 40.6. The molecular weight excluding hydrogens is 356 g/mol. The number of likely N-dealkylation sites (tertiary alicyclic amines) is 1. The first kappa shape index (κ1) is 20.7. The van der Waals surface area contributed by atoms with Gasteiger partial charge in [-0.15, -0.1) is 12.4 Å². The van der Waals surface area contributed by atoms with Crippen molar-refractivity contribution in [2.45, 2.75) is 39.2 Å². The molecule has 1 aromatic heterocycles. The van der Waals surface area contributed by atoms with E-state index in [1.165, 1.54) is 37.1 Å². The van der Waals surface area contributed by atoms with Gasteiger partial charge in [-0.1, -0.05) is 20.3 Å². The highest BCUT2D eigenvalue weighted by atomic mass is 35.5. The van der Waals surface area contributed by atoms with Gasteiger partial charge in [0.05, 0.1) is 0 Å². The Balaban J connectivity index is 0.00000243. The van der Waals surface area contributed by atoms with Crippen molar-refractivity contribution in [2.24, 2.45) is 24.8 Å². The fraction of sp³-hybridized carbons (Fsp3) is 0.722. The molecule has 3 rings (SSSR count). The second-order valence-corrected chi connectivity index (χ2v) is 7.92. The molecule has 0 aromatic carbocycles. The van der Waals surface area contributed by atoms with E-state index in [0.717, 1.165) is 25.6 Å². The third-order valence-electron chi connectivity index (χ3n) is 5.71. The molecule has 0 bridgehead atoms. The van der Waals surface area contributed by atoms with Crippen molar-refractivity contribution in [3.63, 3.8) is 0 Å². The molecule has 146 valence electrons. The molecule has 1 saturated heterocycles. The molecule has 0 spiro atoms. The molecule has 0 unspecified atom stereocenters. The number of hydrogen-bond donors (Lipinski definition) is 2. The van der Waals surface area contributed by atoms with Crippen LogP contribution in [0.2, 0.25) is 0 Å². The Morgan fingerprint density at radius 3 is 2.58 bits per heavy atom. The minimum atomic E-state index is -0.633. The summed E-state index contributed by atoms with van der Waals surface area (Å²) < 4.78 is 1.22. The Hall–Kier alpha value is -1.60. The quantitative estimate of drug-likeness (QED) is 0.792. The van der Waals surface area contributed by atoms with E-state index in [9.17, 15) is 14.4 Å². The molecule has 1 amide bonds. The van der Waals surface area contributed by atoms with Crippen molar-refractivity contribution < 1.29 is 4.79 Å². The van der Waals surface area contributed by atoms with E-state index in [2.05, 4.69) is 29.0 Å². The van der Waals surface area contributed by atoms with Gasteiger partial charge in [0.25, 0.3) is 11.5 Å². The summed E-state index contributed by atoms with van der Waals surface area (Å²) in [5, 5.41) is 3.04. The van der Waals surface area contributed by atoms with Gasteiger partial charge < -0.3 is 14.8 Å². The minimum Gasteiger partial charge on any atom is -0.347 e. The maximum Gasteiger partial charge on any atom is 0.328 e. The van der Waals surface area contributed by atoms with Gasteiger partial charge in [0, 0.05) is 38.9 Å². The number of amides is 1. The molecule has 1 aliphatic carbocycles. The SMILES string of the molecule is CC(C)[C@H]1CN(CC2CCC2)C[C@@H]1NC(=O)c1cn(C)c(=O)[nH]c1=O.Cl. The van der Waals surface area contributed by atoms with Crippen molar-refractivity contribution in [3.8, 4) is 0 Å². The topological polar surface area (TPSA) is 87.2 Å². The molecule has 2 N–H and O–H groups in total. The molecule has 0 radical (unpaired) electrons. The summed E-state index contributed by atoms with van der Waals surface area (Å²) in [6.07, 6.45) is 5.27. The predicted octanol–water partition coefficient (Wildman–Crippen LogP) is 0.982. The van der Waals surface area contributed by atoms with Gasteiger partial charge in [0.2, 0.25) is 0 Å². The molecule has 26 heavy (non-hydrogen) atoms. The average molecular weight is 385 g/mol. The van der Waals surface area contributed by atoms with Gasteiger partial charge in [-0.2, -0.15) is 0 Å². The molecule has 1 aromatic rings. The van der Waals surface area contributed by atoms with Crippen molar-refractivity contribution in [1.29, 1.82) is 0 Å². The van der Waals surface area contributed by atoms with Crippen LogP contribution in [-0.2, 0) is 7.05 Å². The number of halogens is 1. The molecule has 1 saturated carbocycles. The van der Waals surface area contributed by atoms with E-state index < -0.39 is 17.2 Å². The molecule has 7 nitrogen and oxygen atoms in total. The smallest absolute Gasteiger partial charge is 0.328 e. The maximum absolute atomic E-state index is 12.6. The van der Waals surface area contributed by atoms with E-state index >= 15 is 0 Å². The molecule has 8 heteroatoms. The Morgan fingerprint density at radius 2 is 2.00 bits per heavy atom. The maximum atomic E-state index is 12.6. The largest absolute Gasteiger partial charge is 0.347 e. The van der Waals surface area contributed by atoms with E-state index in [4.69, 9.17) is 0 Å². The Bertz CT molecular complexity index is 754. The van der Waals surface area contributed by atoms with Gasteiger partial charge in [-0.3, -0.25) is 14.6 Å². The van der Waals surface area contributed by atoms with Crippen LogP contribution in [0.1, 0.15) is 43.5 Å². The number of aromatic nitrogens is 2. The summed E-state index contributed by atoms with van der Waals surface area (Å²) in [5.41, 5.74) is -1.16. The molecule has 2 atom stereocenters. The van der Waals surface area contributed by atoms with Crippen LogP contribution in [0.3, 0.4) is 0 Å². The first-order valence-electron chi connectivity index (χ1n) is 9.18. The fourth-order valence-electron chi connectivity index (χ4n) is 3.90. The number of aryl methyl sites for hydroxylation is 1. The van der Waals surface area contributed by atoms with Crippen molar-refractivity contribution >= 4 is 18.3 Å². The zero-order valence-electron chi connectivity index (χ0n) is 15.7. The predicted molar refractivity (Wildman–Crippen MR) is 103 cm³/mol. The summed E-state index contributed by atoms with van der Waals surface area (Å²) in [6, 6.07) is 0.0317. The first-order chi connectivity index (χ1) is 11.8. The molecular formula is C18H29ClN4O3. The average Bonchev–Trinajstić information content (AvgIpc) is 2.89.